The number of amides is 1. The Kier molecular flexibility index (Phi) is 6.90. The number of carbonyl (C=O) groups excluding carboxylic acids is 2. The first-order valence-electron chi connectivity index (χ1n) is 10.2. The summed E-state index contributed by atoms with van der Waals surface area (Å²) in [7, 11) is 2.01. The SMILES string of the molecule is CN1CCN(C(=O)c2nnn(Cc3cc(Cl)c(C(=O)c4ccc(Cl)cc4)c(Cl)c3)c2N)CC1. The van der Waals surface area contributed by atoms with Gasteiger partial charge in [0.05, 0.1) is 22.2 Å². The van der Waals surface area contributed by atoms with Crippen LogP contribution in [0.15, 0.2) is 36.4 Å². The Labute approximate surface area is 205 Å². The smallest absolute Gasteiger partial charge is 0.278 e. The largest absolute Gasteiger partial charge is 0.382 e. The van der Waals surface area contributed by atoms with E-state index in [4.69, 9.17) is 40.5 Å². The summed E-state index contributed by atoms with van der Waals surface area (Å²) in [6, 6.07) is 9.72. The Morgan fingerprint density at radius 1 is 1.00 bits per heavy atom. The molecular formula is C22H21Cl3N6O2. The number of nitrogens with two attached hydrogens (primary N) is 1. The predicted molar refractivity (Wildman–Crippen MR) is 128 cm³/mol. The molecule has 1 aliphatic rings. The number of aromatic nitrogens is 3. The molecular weight excluding hydrogens is 487 g/mol. The van der Waals surface area contributed by atoms with Crippen molar-refractivity contribution in [2.24, 2.45) is 0 Å². The number of ketones is 1. The number of anilines is 1. The van der Waals surface area contributed by atoms with Crippen LogP contribution < -0.4 is 5.73 Å². The minimum Gasteiger partial charge on any atom is -0.382 e. The van der Waals surface area contributed by atoms with Gasteiger partial charge >= 0.3 is 0 Å². The molecule has 1 fully saturated rings. The first kappa shape index (κ1) is 23.5. The highest BCUT2D eigenvalue weighted by Crippen LogP contribution is 2.30. The van der Waals surface area contributed by atoms with E-state index < -0.39 is 0 Å². The van der Waals surface area contributed by atoms with Crippen LogP contribution in [0.2, 0.25) is 15.1 Å². The summed E-state index contributed by atoms with van der Waals surface area (Å²) < 4.78 is 1.41. The van der Waals surface area contributed by atoms with E-state index in [0.29, 0.717) is 29.2 Å². The summed E-state index contributed by atoms with van der Waals surface area (Å²) in [5.41, 5.74) is 7.57. The second-order valence-electron chi connectivity index (χ2n) is 7.85. The van der Waals surface area contributed by atoms with Crippen molar-refractivity contribution in [2.45, 2.75) is 6.54 Å². The number of rotatable bonds is 5. The number of nitrogen functional groups attached to an aromatic ring is 1. The fourth-order valence-corrected chi connectivity index (χ4v) is 4.43. The average molecular weight is 508 g/mol. The predicted octanol–water partition coefficient (Wildman–Crippen LogP) is 3.49. The Bertz CT molecular complexity index is 1180. The van der Waals surface area contributed by atoms with Crippen molar-refractivity contribution in [1.29, 1.82) is 0 Å². The molecule has 172 valence electrons. The monoisotopic (exact) mass is 506 g/mol. The number of hydrogen-bond donors (Lipinski definition) is 1. The van der Waals surface area contributed by atoms with Gasteiger partial charge in [0.15, 0.2) is 17.3 Å². The molecule has 2 aromatic carbocycles. The van der Waals surface area contributed by atoms with Gasteiger partial charge in [0.1, 0.15) is 0 Å². The van der Waals surface area contributed by atoms with Crippen molar-refractivity contribution < 1.29 is 9.59 Å². The first-order valence-corrected chi connectivity index (χ1v) is 11.3. The summed E-state index contributed by atoms with van der Waals surface area (Å²) in [5, 5.41) is 8.95. The van der Waals surface area contributed by atoms with Crippen LogP contribution in [-0.4, -0.2) is 69.7 Å². The Morgan fingerprint density at radius 2 is 1.61 bits per heavy atom. The van der Waals surface area contributed by atoms with Gasteiger partial charge in [-0.15, -0.1) is 5.10 Å². The molecule has 0 aliphatic carbocycles. The van der Waals surface area contributed by atoms with E-state index >= 15 is 0 Å². The highest BCUT2D eigenvalue weighted by Gasteiger charge is 2.26. The molecule has 1 saturated heterocycles. The summed E-state index contributed by atoms with van der Waals surface area (Å²) in [5.74, 6) is -0.396. The van der Waals surface area contributed by atoms with Gasteiger partial charge in [0, 0.05) is 36.8 Å². The van der Waals surface area contributed by atoms with Crippen molar-refractivity contribution in [3.63, 3.8) is 0 Å². The van der Waals surface area contributed by atoms with Crippen molar-refractivity contribution in [1.82, 2.24) is 24.8 Å². The fraction of sp³-hybridized carbons (Fsp3) is 0.273. The lowest BCUT2D eigenvalue weighted by molar-refractivity contribution is 0.0659. The zero-order valence-electron chi connectivity index (χ0n) is 17.8. The van der Waals surface area contributed by atoms with Crippen molar-refractivity contribution in [2.75, 3.05) is 39.0 Å². The number of likely N-dealkylation sites (N-methyl/N-ethyl adjacent to an activating group) is 1. The van der Waals surface area contributed by atoms with Crippen LogP contribution in [-0.2, 0) is 6.54 Å². The molecule has 1 aliphatic heterocycles. The molecule has 2 N–H and O–H groups in total. The van der Waals surface area contributed by atoms with Crippen LogP contribution >= 0.6 is 34.8 Å². The van der Waals surface area contributed by atoms with E-state index in [2.05, 4.69) is 15.2 Å². The van der Waals surface area contributed by atoms with E-state index in [1.165, 1.54) is 4.68 Å². The van der Waals surface area contributed by atoms with Crippen LogP contribution in [0.1, 0.15) is 32.0 Å². The number of halogens is 3. The summed E-state index contributed by atoms with van der Waals surface area (Å²) >= 11 is 18.7. The lowest BCUT2D eigenvalue weighted by atomic mass is 10.0. The van der Waals surface area contributed by atoms with E-state index in [9.17, 15) is 9.59 Å². The number of nitrogens with zero attached hydrogens (tertiary/aromatic N) is 5. The molecule has 0 unspecified atom stereocenters. The zero-order valence-corrected chi connectivity index (χ0v) is 20.0. The molecule has 33 heavy (non-hydrogen) atoms. The number of piperazine rings is 1. The second-order valence-corrected chi connectivity index (χ2v) is 9.10. The molecule has 0 bridgehead atoms. The van der Waals surface area contributed by atoms with E-state index in [-0.39, 0.29) is 45.4 Å². The minimum absolute atomic E-state index is 0.117. The van der Waals surface area contributed by atoms with E-state index in [0.717, 1.165) is 13.1 Å². The van der Waals surface area contributed by atoms with Gasteiger partial charge in [0.25, 0.3) is 5.91 Å². The van der Waals surface area contributed by atoms with Gasteiger partial charge in [-0.25, -0.2) is 4.68 Å². The van der Waals surface area contributed by atoms with E-state index in [1.54, 1.807) is 41.3 Å². The first-order chi connectivity index (χ1) is 15.7. The maximum absolute atomic E-state index is 12.9. The van der Waals surface area contributed by atoms with Gasteiger partial charge in [0.2, 0.25) is 0 Å². The minimum atomic E-state index is -0.312. The highest BCUT2D eigenvalue weighted by molar-refractivity contribution is 6.41. The van der Waals surface area contributed by atoms with Gasteiger partial charge in [-0.2, -0.15) is 0 Å². The molecule has 4 rings (SSSR count). The molecule has 0 spiro atoms. The van der Waals surface area contributed by atoms with Gasteiger partial charge in [-0.05, 0) is 49.0 Å². The molecule has 8 nitrogen and oxygen atoms in total. The van der Waals surface area contributed by atoms with Gasteiger partial charge in [-0.1, -0.05) is 40.0 Å². The number of carbonyl (C=O) groups is 2. The Hall–Kier alpha value is -2.65. The average Bonchev–Trinajstić information content (AvgIpc) is 3.13. The lowest BCUT2D eigenvalue weighted by Gasteiger charge is -2.31. The van der Waals surface area contributed by atoms with Crippen LogP contribution in [0.3, 0.4) is 0 Å². The normalized spacial score (nSPS) is 14.5. The molecule has 3 aromatic rings. The molecule has 11 heteroatoms. The molecule has 2 heterocycles. The molecule has 0 radical (unpaired) electrons. The second kappa shape index (κ2) is 9.69. The van der Waals surface area contributed by atoms with Gasteiger partial charge in [-0.3, -0.25) is 9.59 Å². The Morgan fingerprint density at radius 3 is 2.21 bits per heavy atom. The van der Waals surface area contributed by atoms with Crippen molar-refractivity contribution >= 4 is 52.3 Å². The van der Waals surface area contributed by atoms with Gasteiger partial charge < -0.3 is 15.5 Å². The van der Waals surface area contributed by atoms with E-state index in [1.807, 2.05) is 7.05 Å². The molecule has 0 atom stereocenters. The third-order valence-corrected chi connectivity index (χ3v) is 6.38. The molecule has 1 aromatic heterocycles. The zero-order chi connectivity index (χ0) is 23.7. The fourth-order valence-electron chi connectivity index (χ4n) is 3.60. The van der Waals surface area contributed by atoms with Crippen molar-refractivity contribution in [3.8, 4) is 0 Å². The highest BCUT2D eigenvalue weighted by atomic mass is 35.5. The standard InChI is InChI=1S/C22H21Cl3N6O2/c1-29-6-8-30(9-7-29)22(33)19-21(26)31(28-27-19)12-13-10-16(24)18(17(25)11-13)20(32)14-2-4-15(23)5-3-14/h2-5,10-11H,6-9,12,26H2,1H3. The summed E-state index contributed by atoms with van der Waals surface area (Å²) in [4.78, 5) is 29.5. The summed E-state index contributed by atoms with van der Waals surface area (Å²) in [6.07, 6.45) is 0. The molecule has 0 saturated carbocycles. The maximum Gasteiger partial charge on any atom is 0.278 e. The van der Waals surface area contributed by atoms with Crippen LogP contribution in [0.4, 0.5) is 5.82 Å². The van der Waals surface area contributed by atoms with Crippen molar-refractivity contribution in [3.05, 3.63) is 73.9 Å². The lowest BCUT2D eigenvalue weighted by Crippen LogP contribution is -2.47. The van der Waals surface area contributed by atoms with Crippen LogP contribution in [0.25, 0.3) is 0 Å². The number of hydrogen-bond acceptors (Lipinski definition) is 6. The maximum atomic E-state index is 12.9. The quantitative estimate of drug-likeness (QED) is 0.531. The summed E-state index contributed by atoms with van der Waals surface area (Å²) in [6.45, 7) is 2.98. The Balaban J connectivity index is 1.54. The topological polar surface area (TPSA) is 97.3 Å². The third kappa shape index (κ3) is 4.99. The van der Waals surface area contributed by atoms with Crippen LogP contribution in [0.5, 0.6) is 0 Å². The number of benzene rings is 2. The third-order valence-electron chi connectivity index (χ3n) is 5.53. The molecule has 1 amide bonds. The van der Waals surface area contributed by atoms with Crippen LogP contribution in [0, 0.1) is 0 Å².